The number of ketones is 1. The molecular weight excluding hydrogens is 339 g/mol. The van der Waals surface area contributed by atoms with Gasteiger partial charge in [0.1, 0.15) is 5.82 Å². The Bertz CT molecular complexity index is 779. The molecule has 0 N–H and O–H groups in total. The zero-order valence-corrected chi connectivity index (χ0v) is 14.1. The van der Waals surface area contributed by atoms with Crippen molar-refractivity contribution < 1.29 is 14.0 Å². The maximum absolute atomic E-state index is 14.2. The molecule has 1 aromatic carbocycles. The highest BCUT2D eigenvalue weighted by Gasteiger charge is 2.40. The summed E-state index contributed by atoms with van der Waals surface area (Å²) in [5, 5.41) is 2.06. The van der Waals surface area contributed by atoms with Gasteiger partial charge in [-0.05, 0) is 37.6 Å². The molecule has 120 valence electrons. The number of amides is 1. The molecule has 1 aliphatic rings. The molecule has 0 spiro atoms. The van der Waals surface area contributed by atoms with Crippen LogP contribution in [0.15, 0.2) is 29.6 Å². The summed E-state index contributed by atoms with van der Waals surface area (Å²) in [6.07, 6.45) is 0. The SMILES string of the molecule is C[C@H](c1cccs1)N(C)CN1C(=O)C(=O)c2c(Cl)ccc(F)c21. The maximum atomic E-state index is 14.2. The number of carbonyl (C=O) groups is 2. The molecule has 23 heavy (non-hydrogen) atoms. The number of carbonyl (C=O) groups excluding carboxylic acids is 2. The highest BCUT2D eigenvalue weighted by Crippen LogP contribution is 2.37. The molecule has 2 aromatic rings. The van der Waals surface area contributed by atoms with E-state index in [9.17, 15) is 14.0 Å². The Labute approximate surface area is 142 Å². The van der Waals surface area contributed by atoms with E-state index in [0.29, 0.717) is 0 Å². The maximum Gasteiger partial charge on any atom is 0.300 e. The summed E-state index contributed by atoms with van der Waals surface area (Å²) >= 11 is 7.57. The molecule has 4 nitrogen and oxygen atoms in total. The monoisotopic (exact) mass is 352 g/mol. The summed E-state index contributed by atoms with van der Waals surface area (Å²) in [7, 11) is 1.82. The van der Waals surface area contributed by atoms with Gasteiger partial charge in [0.15, 0.2) is 0 Å². The van der Waals surface area contributed by atoms with Crippen LogP contribution in [0.3, 0.4) is 0 Å². The summed E-state index contributed by atoms with van der Waals surface area (Å²) < 4.78 is 14.2. The molecule has 1 atom stereocenters. The smallest absolute Gasteiger partial charge is 0.288 e. The Hall–Kier alpha value is -1.76. The normalized spacial score (nSPS) is 15.4. The summed E-state index contributed by atoms with van der Waals surface area (Å²) in [6, 6.07) is 6.44. The van der Waals surface area contributed by atoms with Gasteiger partial charge >= 0.3 is 5.91 Å². The minimum absolute atomic E-state index is 0.0299. The van der Waals surface area contributed by atoms with Crippen molar-refractivity contribution in [2.24, 2.45) is 0 Å². The van der Waals surface area contributed by atoms with Crippen LogP contribution in [0.25, 0.3) is 0 Å². The summed E-state index contributed by atoms with van der Waals surface area (Å²) in [4.78, 5) is 28.5. The number of nitrogens with zero attached hydrogens (tertiary/aromatic N) is 2. The first kappa shape index (κ1) is 16.1. The Balaban J connectivity index is 1.92. The van der Waals surface area contributed by atoms with Crippen LogP contribution >= 0.6 is 22.9 Å². The van der Waals surface area contributed by atoms with Gasteiger partial charge in [-0.15, -0.1) is 11.3 Å². The highest BCUT2D eigenvalue weighted by molar-refractivity contribution is 7.10. The van der Waals surface area contributed by atoms with Crippen molar-refractivity contribution in [2.75, 3.05) is 18.6 Å². The molecule has 1 amide bonds. The van der Waals surface area contributed by atoms with Gasteiger partial charge in [0.05, 0.1) is 22.9 Å². The standard InChI is InChI=1S/C16H14ClFN2O2S/c1-9(12-4-3-7-23-12)19(2)8-20-14-11(18)6-5-10(17)13(14)15(21)16(20)22/h3-7,9H,8H2,1-2H3/t9-/m1/s1. The number of anilines is 1. The lowest BCUT2D eigenvalue weighted by molar-refractivity contribution is -0.114. The predicted molar refractivity (Wildman–Crippen MR) is 88.6 cm³/mol. The van der Waals surface area contributed by atoms with Crippen LogP contribution < -0.4 is 4.90 Å². The summed E-state index contributed by atoms with van der Waals surface area (Å²) in [6.45, 7) is 2.09. The molecular formula is C16H14ClFN2O2S. The van der Waals surface area contributed by atoms with E-state index in [0.717, 1.165) is 9.78 Å². The predicted octanol–water partition coefficient (Wildman–Crippen LogP) is 3.72. The van der Waals surface area contributed by atoms with Crippen molar-refractivity contribution in [3.63, 3.8) is 0 Å². The summed E-state index contributed by atoms with van der Waals surface area (Å²) in [5.41, 5.74) is -0.0772. The lowest BCUT2D eigenvalue weighted by Gasteiger charge is -2.29. The third-order valence-corrected chi connectivity index (χ3v) is 5.35. The lowest BCUT2D eigenvalue weighted by Crippen LogP contribution is -2.40. The summed E-state index contributed by atoms with van der Waals surface area (Å²) in [5.74, 6) is -2.14. The average molecular weight is 353 g/mol. The first-order valence-electron chi connectivity index (χ1n) is 6.99. The van der Waals surface area contributed by atoms with E-state index in [4.69, 9.17) is 11.6 Å². The first-order chi connectivity index (χ1) is 10.9. The van der Waals surface area contributed by atoms with Crippen molar-refractivity contribution in [1.82, 2.24) is 4.90 Å². The second kappa shape index (κ2) is 6.03. The number of rotatable bonds is 4. The number of benzene rings is 1. The number of fused-ring (bicyclic) bond motifs is 1. The first-order valence-corrected chi connectivity index (χ1v) is 8.25. The number of halogens is 2. The Morgan fingerprint density at radius 3 is 2.74 bits per heavy atom. The van der Waals surface area contributed by atoms with Gasteiger partial charge in [-0.3, -0.25) is 19.4 Å². The molecule has 1 aliphatic heterocycles. The molecule has 2 heterocycles. The van der Waals surface area contributed by atoms with Crippen molar-refractivity contribution in [3.8, 4) is 0 Å². The molecule has 3 rings (SSSR count). The van der Waals surface area contributed by atoms with Gasteiger partial charge in [-0.25, -0.2) is 4.39 Å². The Morgan fingerprint density at radius 1 is 1.35 bits per heavy atom. The van der Waals surface area contributed by atoms with Crippen LogP contribution in [0.4, 0.5) is 10.1 Å². The second-order valence-electron chi connectivity index (χ2n) is 5.40. The number of Topliss-reactive ketones (excluding diaryl/α,β-unsaturated/α-hetero) is 1. The van der Waals surface area contributed by atoms with Gasteiger partial charge in [0.25, 0.3) is 5.78 Å². The lowest BCUT2D eigenvalue weighted by atomic mass is 10.1. The second-order valence-corrected chi connectivity index (χ2v) is 6.79. The Kier molecular flexibility index (Phi) is 4.23. The van der Waals surface area contributed by atoms with Crippen molar-refractivity contribution >= 4 is 40.3 Å². The number of thiophene rings is 1. The van der Waals surface area contributed by atoms with Gasteiger partial charge in [-0.2, -0.15) is 0 Å². The fourth-order valence-corrected chi connectivity index (χ4v) is 3.67. The third-order valence-electron chi connectivity index (χ3n) is 3.99. The Morgan fingerprint density at radius 2 is 2.09 bits per heavy atom. The molecule has 0 bridgehead atoms. The van der Waals surface area contributed by atoms with Gasteiger partial charge in [0.2, 0.25) is 0 Å². The van der Waals surface area contributed by atoms with Gasteiger partial charge in [-0.1, -0.05) is 17.7 Å². The molecule has 7 heteroatoms. The van der Waals surface area contributed by atoms with E-state index < -0.39 is 17.5 Å². The third kappa shape index (κ3) is 2.67. The molecule has 1 aromatic heterocycles. The zero-order chi connectivity index (χ0) is 16.7. The average Bonchev–Trinajstić information content (AvgIpc) is 3.14. The minimum Gasteiger partial charge on any atom is -0.288 e. The van der Waals surface area contributed by atoms with E-state index in [1.54, 1.807) is 11.3 Å². The van der Waals surface area contributed by atoms with Crippen molar-refractivity contribution in [3.05, 3.63) is 50.9 Å². The van der Waals surface area contributed by atoms with Crippen molar-refractivity contribution in [2.45, 2.75) is 13.0 Å². The topological polar surface area (TPSA) is 40.6 Å². The molecule has 0 aliphatic carbocycles. The van der Waals surface area contributed by atoms with Crippen LogP contribution in [0.2, 0.25) is 5.02 Å². The van der Waals surface area contributed by atoms with E-state index in [1.165, 1.54) is 12.1 Å². The van der Waals surface area contributed by atoms with Crippen molar-refractivity contribution in [1.29, 1.82) is 0 Å². The van der Waals surface area contributed by atoms with Crippen LogP contribution in [0.1, 0.15) is 28.2 Å². The largest absolute Gasteiger partial charge is 0.300 e. The molecule has 0 fully saturated rings. The van der Waals surface area contributed by atoms with Crippen LogP contribution in [-0.4, -0.2) is 30.3 Å². The van der Waals surface area contributed by atoms with E-state index in [2.05, 4.69) is 0 Å². The van der Waals surface area contributed by atoms with Gasteiger partial charge in [0, 0.05) is 10.9 Å². The minimum atomic E-state index is -0.762. The highest BCUT2D eigenvalue weighted by atomic mass is 35.5. The molecule has 0 saturated heterocycles. The van der Waals surface area contributed by atoms with Crippen LogP contribution in [0, 0.1) is 5.82 Å². The van der Waals surface area contributed by atoms with Crippen LogP contribution in [0.5, 0.6) is 0 Å². The number of hydrogen-bond acceptors (Lipinski definition) is 4. The van der Waals surface area contributed by atoms with E-state index >= 15 is 0 Å². The zero-order valence-electron chi connectivity index (χ0n) is 12.5. The van der Waals surface area contributed by atoms with Gasteiger partial charge < -0.3 is 0 Å². The fraction of sp³-hybridized carbons (Fsp3) is 0.250. The number of hydrogen-bond donors (Lipinski definition) is 0. The molecule has 0 saturated carbocycles. The fourth-order valence-electron chi connectivity index (χ4n) is 2.58. The molecule has 0 radical (unpaired) electrons. The van der Waals surface area contributed by atoms with E-state index in [-0.39, 0.29) is 29.0 Å². The van der Waals surface area contributed by atoms with E-state index in [1.807, 2.05) is 36.4 Å². The quantitative estimate of drug-likeness (QED) is 0.787. The van der Waals surface area contributed by atoms with Crippen LogP contribution in [-0.2, 0) is 4.79 Å². The molecule has 0 unspecified atom stereocenters.